The number of nitrogens with zero attached hydrogens (tertiary/aromatic N) is 2. The van der Waals surface area contributed by atoms with E-state index in [0.29, 0.717) is 23.3 Å². The van der Waals surface area contributed by atoms with Gasteiger partial charge in [-0.05, 0) is 19.1 Å². The van der Waals surface area contributed by atoms with Gasteiger partial charge in [0, 0.05) is 18.0 Å². The highest BCUT2D eigenvalue weighted by molar-refractivity contribution is 7.89. The number of halogens is 1. The summed E-state index contributed by atoms with van der Waals surface area (Å²) >= 11 is 7.24. The lowest BCUT2D eigenvalue weighted by Gasteiger charge is -2.18. The van der Waals surface area contributed by atoms with Crippen LogP contribution >= 0.6 is 22.9 Å². The van der Waals surface area contributed by atoms with Crippen LogP contribution in [0.15, 0.2) is 23.4 Å². The number of thiophene rings is 1. The topological polar surface area (TPSA) is 66.1 Å². The summed E-state index contributed by atoms with van der Waals surface area (Å²) in [5.74, 6) is 0.578. The van der Waals surface area contributed by atoms with Gasteiger partial charge < -0.3 is 4.98 Å². The molecule has 0 saturated carbocycles. The predicted octanol–water partition coefficient (Wildman–Crippen LogP) is 2.64. The van der Waals surface area contributed by atoms with E-state index in [1.165, 1.54) is 21.8 Å². The van der Waals surface area contributed by atoms with Crippen molar-refractivity contribution in [3.63, 3.8) is 0 Å². The molecule has 0 bridgehead atoms. The molecule has 0 unspecified atom stereocenters. The Kier molecular flexibility index (Phi) is 4.29. The first-order valence-electron chi connectivity index (χ1n) is 5.69. The van der Waals surface area contributed by atoms with Crippen molar-refractivity contribution in [3.05, 3.63) is 33.4 Å². The fourth-order valence-electron chi connectivity index (χ4n) is 1.65. The van der Waals surface area contributed by atoms with Gasteiger partial charge in [-0.2, -0.15) is 4.31 Å². The van der Waals surface area contributed by atoms with Crippen molar-refractivity contribution < 1.29 is 8.42 Å². The van der Waals surface area contributed by atoms with Crippen molar-refractivity contribution in [3.8, 4) is 0 Å². The monoisotopic (exact) mass is 319 g/mol. The van der Waals surface area contributed by atoms with Crippen LogP contribution in [-0.2, 0) is 16.6 Å². The Labute approximate surface area is 121 Å². The number of H-pyrrole nitrogens is 1. The van der Waals surface area contributed by atoms with Crippen LogP contribution in [0.3, 0.4) is 0 Å². The van der Waals surface area contributed by atoms with E-state index in [9.17, 15) is 8.42 Å². The molecule has 0 spiro atoms. The van der Waals surface area contributed by atoms with Gasteiger partial charge >= 0.3 is 0 Å². The summed E-state index contributed by atoms with van der Waals surface area (Å²) in [5, 5.41) is 0.120. The predicted molar refractivity (Wildman–Crippen MR) is 75.9 cm³/mol. The maximum absolute atomic E-state index is 12.4. The summed E-state index contributed by atoms with van der Waals surface area (Å²) in [6.45, 7) is 4.22. The van der Waals surface area contributed by atoms with Crippen LogP contribution in [0.5, 0.6) is 0 Å². The molecule has 1 N–H and O–H groups in total. The molecule has 2 heterocycles. The third-order valence-electron chi connectivity index (χ3n) is 2.61. The lowest BCUT2D eigenvalue weighted by Crippen LogP contribution is -2.30. The average molecular weight is 320 g/mol. The summed E-state index contributed by atoms with van der Waals surface area (Å²) < 4.78 is 26.9. The highest BCUT2D eigenvalue weighted by atomic mass is 35.5. The molecule has 0 fully saturated rings. The molecule has 8 heteroatoms. The van der Waals surface area contributed by atoms with Crippen molar-refractivity contribution in [1.29, 1.82) is 0 Å². The van der Waals surface area contributed by atoms with Gasteiger partial charge in [-0.25, -0.2) is 13.4 Å². The van der Waals surface area contributed by atoms with Crippen LogP contribution in [0, 0.1) is 6.92 Å². The Balaban J connectivity index is 2.26. The van der Waals surface area contributed by atoms with E-state index in [0.717, 1.165) is 4.88 Å². The number of nitrogens with one attached hydrogen (secondary N) is 1. The molecule has 2 aromatic heterocycles. The van der Waals surface area contributed by atoms with Gasteiger partial charge in [-0.15, -0.1) is 11.3 Å². The first-order valence-corrected chi connectivity index (χ1v) is 8.33. The van der Waals surface area contributed by atoms with Crippen LogP contribution in [0.4, 0.5) is 0 Å². The minimum atomic E-state index is -3.54. The molecular weight excluding hydrogens is 306 g/mol. The second-order valence-corrected chi connectivity index (χ2v) is 7.68. The Morgan fingerprint density at radius 3 is 2.68 bits per heavy atom. The average Bonchev–Trinajstić information content (AvgIpc) is 2.95. The van der Waals surface area contributed by atoms with E-state index in [4.69, 9.17) is 11.6 Å². The molecule has 0 amide bonds. The minimum absolute atomic E-state index is 0.120. The third kappa shape index (κ3) is 3.17. The summed E-state index contributed by atoms with van der Waals surface area (Å²) in [6.07, 6.45) is 1.34. The van der Waals surface area contributed by atoms with Gasteiger partial charge in [0.25, 0.3) is 10.0 Å². The van der Waals surface area contributed by atoms with Gasteiger partial charge in [0.15, 0.2) is 5.03 Å². The second kappa shape index (κ2) is 5.62. The van der Waals surface area contributed by atoms with Gasteiger partial charge in [-0.3, -0.25) is 0 Å². The number of aromatic nitrogens is 2. The smallest absolute Gasteiger partial charge is 0.260 e. The molecule has 0 saturated heterocycles. The van der Waals surface area contributed by atoms with Crippen LogP contribution in [0.2, 0.25) is 4.34 Å². The maximum atomic E-state index is 12.4. The molecular formula is C11H14ClN3O2S2. The van der Waals surface area contributed by atoms with Crippen LogP contribution < -0.4 is 0 Å². The van der Waals surface area contributed by atoms with E-state index in [1.807, 2.05) is 6.07 Å². The Morgan fingerprint density at radius 1 is 1.47 bits per heavy atom. The van der Waals surface area contributed by atoms with Gasteiger partial charge in [0.05, 0.1) is 10.5 Å². The van der Waals surface area contributed by atoms with Crippen molar-refractivity contribution in [2.45, 2.75) is 25.4 Å². The van der Waals surface area contributed by atoms with E-state index < -0.39 is 10.0 Å². The number of aromatic amines is 1. The molecule has 19 heavy (non-hydrogen) atoms. The fraction of sp³-hybridized carbons (Fsp3) is 0.364. The normalized spacial score (nSPS) is 12.2. The highest BCUT2D eigenvalue weighted by Crippen LogP contribution is 2.24. The van der Waals surface area contributed by atoms with Crippen LogP contribution in [0.25, 0.3) is 0 Å². The van der Waals surface area contributed by atoms with E-state index in [2.05, 4.69) is 9.97 Å². The van der Waals surface area contributed by atoms with E-state index >= 15 is 0 Å². The zero-order chi connectivity index (χ0) is 14.0. The molecule has 0 atom stereocenters. The van der Waals surface area contributed by atoms with Crippen molar-refractivity contribution in [2.24, 2.45) is 0 Å². The molecule has 5 nitrogen and oxygen atoms in total. The zero-order valence-electron chi connectivity index (χ0n) is 10.6. The number of rotatable bonds is 5. The summed E-state index contributed by atoms with van der Waals surface area (Å²) in [5.41, 5.74) is 0. The van der Waals surface area contributed by atoms with Crippen molar-refractivity contribution >= 4 is 33.0 Å². The molecule has 0 aliphatic carbocycles. The lowest BCUT2D eigenvalue weighted by atomic mass is 10.4. The zero-order valence-corrected chi connectivity index (χ0v) is 12.9. The molecule has 2 aromatic rings. The molecule has 0 aliphatic heterocycles. The molecule has 104 valence electrons. The molecule has 2 rings (SSSR count). The quantitative estimate of drug-likeness (QED) is 0.921. The first kappa shape index (κ1) is 14.5. The Bertz CT molecular complexity index is 663. The van der Waals surface area contributed by atoms with Crippen molar-refractivity contribution in [2.75, 3.05) is 6.54 Å². The second-order valence-electron chi connectivity index (χ2n) is 3.97. The number of imidazole rings is 1. The number of hydrogen-bond donors (Lipinski definition) is 1. The van der Waals surface area contributed by atoms with Gasteiger partial charge in [0.2, 0.25) is 0 Å². The van der Waals surface area contributed by atoms with Crippen molar-refractivity contribution in [1.82, 2.24) is 14.3 Å². The largest absolute Gasteiger partial charge is 0.332 e. The summed E-state index contributed by atoms with van der Waals surface area (Å²) in [6, 6.07) is 3.60. The summed E-state index contributed by atoms with van der Waals surface area (Å²) in [4.78, 5) is 7.60. The fourth-order valence-corrected chi connectivity index (χ4v) is 4.22. The number of aryl methyl sites for hydroxylation is 1. The highest BCUT2D eigenvalue weighted by Gasteiger charge is 2.25. The molecule has 0 aliphatic rings. The van der Waals surface area contributed by atoms with Gasteiger partial charge in [-0.1, -0.05) is 18.5 Å². The van der Waals surface area contributed by atoms with E-state index in [-0.39, 0.29) is 5.03 Å². The summed E-state index contributed by atoms with van der Waals surface area (Å²) in [7, 11) is -3.54. The number of hydrogen-bond acceptors (Lipinski definition) is 4. The third-order valence-corrected chi connectivity index (χ3v) is 5.66. The SMILES string of the molecule is CCN(Cc1ccc(Cl)s1)S(=O)(=O)c1cnc(C)[nH]1. The van der Waals surface area contributed by atoms with Crippen LogP contribution in [0.1, 0.15) is 17.6 Å². The molecule has 0 radical (unpaired) electrons. The van der Waals surface area contributed by atoms with Gasteiger partial charge in [0.1, 0.15) is 5.82 Å². The maximum Gasteiger partial charge on any atom is 0.260 e. The van der Waals surface area contributed by atoms with Crippen LogP contribution in [-0.4, -0.2) is 29.2 Å². The first-order chi connectivity index (χ1) is 8.93. The van der Waals surface area contributed by atoms with E-state index in [1.54, 1.807) is 19.9 Å². The lowest BCUT2D eigenvalue weighted by molar-refractivity contribution is 0.424. The number of sulfonamides is 1. The Hall–Kier alpha value is -0.890. The standard InChI is InChI=1S/C11H14ClN3O2S2/c1-3-15(7-9-4-5-10(12)18-9)19(16,17)11-6-13-8(2)14-11/h4-6H,3,7H2,1-2H3,(H,13,14). The Morgan fingerprint density at radius 2 is 2.21 bits per heavy atom. The minimum Gasteiger partial charge on any atom is -0.332 e. The molecule has 0 aromatic carbocycles.